The Labute approximate surface area is 181 Å². The summed E-state index contributed by atoms with van der Waals surface area (Å²) in [6.07, 6.45) is 0.824. The largest absolute Gasteiger partial charge is 0.466 e. The van der Waals surface area contributed by atoms with E-state index >= 15 is 0 Å². The topological polar surface area (TPSA) is 112 Å². The maximum Gasteiger partial charge on any atom is 0.341 e. The number of furan rings is 1. The van der Waals surface area contributed by atoms with E-state index in [9.17, 15) is 19.5 Å². The van der Waals surface area contributed by atoms with Crippen LogP contribution in [0.5, 0.6) is 0 Å². The number of ketones is 1. The van der Waals surface area contributed by atoms with Gasteiger partial charge in [0.05, 0.1) is 14.2 Å². The summed E-state index contributed by atoms with van der Waals surface area (Å²) in [4.78, 5) is 37.3. The lowest BCUT2D eigenvalue weighted by Gasteiger charge is -2.30. The molecule has 0 aromatic carbocycles. The third-order valence-electron chi connectivity index (χ3n) is 5.46. The molecule has 0 aliphatic carbocycles. The van der Waals surface area contributed by atoms with Crippen molar-refractivity contribution in [2.24, 2.45) is 5.92 Å². The molecule has 1 aliphatic rings. The highest BCUT2D eigenvalue weighted by atomic mass is 16.5. The number of allylic oxidation sites excluding steroid dienone is 2. The Hall–Kier alpha value is -2.71. The van der Waals surface area contributed by atoms with Crippen molar-refractivity contribution in [2.45, 2.75) is 51.2 Å². The van der Waals surface area contributed by atoms with Crippen molar-refractivity contribution in [3.05, 3.63) is 47.0 Å². The van der Waals surface area contributed by atoms with Crippen molar-refractivity contribution in [1.29, 1.82) is 0 Å². The Balaban J connectivity index is 2.64. The quantitative estimate of drug-likeness (QED) is 0.568. The molecule has 0 radical (unpaired) electrons. The van der Waals surface area contributed by atoms with E-state index in [0.29, 0.717) is 18.6 Å². The molecule has 1 aromatic heterocycles. The third kappa shape index (κ3) is 5.71. The first-order chi connectivity index (χ1) is 14.5. The normalized spacial score (nSPS) is 26.5. The summed E-state index contributed by atoms with van der Waals surface area (Å²) >= 11 is 0. The zero-order chi connectivity index (χ0) is 23.3. The summed E-state index contributed by atoms with van der Waals surface area (Å²) in [5, 5.41) is 11.0. The number of Topliss-reactive ketones (excluding diaryl/α,β-unsaturated/α-hetero) is 1. The molecule has 3 atom stereocenters. The molecule has 2 bridgehead atoms. The molecule has 2 heterocycles. The van der Waals surface area contributed by atoms with Gasteiger partial charge in [-0.3, -0.25) is 4.79 Å². The van der Waals surface area contributed by atoms with Crippen molar-refractivity contribution >= 4 is 17.7 Å². The molecule has 0 spiro atoms. The molecule has 1 aliphatic heterocycles. The van der Waals surface area contributed by atoms with Crippen molar-refractivity contribution in [2.75, 3.05) is 21.3 Å². The molecule has 2 rings (SSSR count). The van der Waals surface area contributed by atoms with Crippen LogP contribution in [0.2, 0.25) is 0 Å². The number of esters is 2. The fourth-order valence-electron chi connectivity index (χ4n) is 3.78. The minimum atomic E-state index is -1.66. The van der Waals surface area contributed by atoms with E-state index in [1.807, 2.05) is 6.92 Å². The molecule has 1 unspecified atom stereocenters. The molecular weight excluding hydrogens is 404 g/mol. The van der Waals surface area contributed by atoms with Gasteiger partial charge in [-0.25, -0.2) is 9.59 Å². The third-order valence-corrected chi connectivity index (χ3v) is 5.46. The second kappa shape index (κ2) is 10.1. The number of rotatable bonds is 4. The van der Waals surface area contributed by atoms with Crippen LogP contribution in [0.1, 0.15) is 61.1 Å². The van der Waals surface area contributed by atoms with E-state index in [2.05, 4.69) is 6.58 Å². The van der Waals surface area contributed by atoms with Gasteiger partial charge in [0.2, 0.25) is 0 Å². The Morgan fingerprint density at radius 3 is 2.42 bits per heavy atom. The van der Waals surface area contributed by atoms with Crippen LogP contribution in [-0.4, -0.2) is 49.8 Å². The number of carbonyl (C=O) groups excluding carboxylic acids is 3. The number of hydrogen-bond acceptors (Lipinski definition) is 8. The summed E-state index contributed by atoms with van der Waals surface area (Å²) in [6, 6.07) is 1.48. The average molecular weight is 434 g/mol. The van der Waals surface area contributed by atoms with Crippen LogP contribution in [0.15, 0.2) is 34.3 Å². The number of carbonyl (C=O) groups is 3. The van der Waals surface area contributed by atoms with Crippen molar-refractivity contribution < 1.29 is 38.1 Å². The summed E-state index contributed by atoms with van der Waals surface area (Å²) in [7, 11) is 3.88. The number of ether oxygens (including phenoxy) is 3. The van der Waals surface area contributed by atoms with Gasteiger partial charge in [0.1, 0.15) is 34.6 Å². The molecule has 8 nitrogen and oxygen atoms in total. The fraction of sp³-hybridized carbons (Fsp3) is 0.522. The lowest BCUT2D eigenvalue weighted by atomic mass is 9.87. The van der Waals surface area contributed by atoms with E-state index in [4.69, 9.17) is 18.6 Å². The van der Waals surface area contributed by atoms with Crippen molar-refractivity contribution in [3.8, 4) is 0 Å². The fourth-order valence-corrected chi connectivity index (χ4v) is 3.78. The van der Waals surface area contributed by atoms with Crippen molar-refractivity contribution in [1.82, 2.24) is 0 Å². The Kier molecular flexibility index (Phi) is 7.97. The minimum Gasteiger partial charge on any atom is -0.466 e. The highest BCUT2D eigenvalue weighted by molar-refractivity contribution is 5.96. The Morgan fingerprint density at radius 2 is 1.87 bits per heavy atom. The number of aliphatic hydroxyl groups is 1. The molecule has 8 heteroatoms. The monoisotopic (exact) mass is 434 g/mol. The summed E-state index contributed by atoms with van der Waals surface area (Å²) in [5.74, 6) is -1.19. The summed E-state index contributed by atoms with van der Waals surface area (Å²) in [6.45, 7) is 7.29. The maximum atomic E-state index is 12.7. The maximum absolute atomic E-state index is 12.7. The van der Waals surface area contributed by atoms with Gasteiger partial charge in [-0.15, -0.1) is 0 Å². The molecule has 0 saturated heterocycles. The SMILES string of the molecule is C=C(C)[C@@H]1C/C=C(/C(=O)OC)CC(=O)CC(C)(O)[C@H](OC)c2cc(C(=O)OC)c(o2)C1. The minimum absolute atomic E-state index is 0.181. The van der Waals surface area contributed by atoms with Gasteiger partial charge >= 0.3 is 11.9 Å². The van der Waals surface area contributed by atoms with Gasteiger partial charge in [-0.1, -0.05) is 18.2 Å². The van der Waals surface area contributed by atoms with Crippen LogP contribution in [-0.2, 0) is 30.2 Å². The summed E-state index contributed by atoms with van der Waals surface area (Å²) < 4.78 is 21.1. The van der Waals surface area contributed by atoms with E-state index in [1.54, 1.807) is 6.08 Å². The first-order valence-electron chi connectivity index (χ1n) is 9.94. The number of hydrogen-bond donors (Lipinski definition) is 1. The lowest BCUT2D eigenvalue weighted by molar-refractivity contribution is -0.139. The predicted molar refractivity (Wildman–Crippen MR) is 111 cm³/mol. The second-order valence-electron chi connectivity index (χ2n) is 8.05. The molecule has 170 valence electrons. The number of fused-ring (bicyclic) bond motifs is 2. The highest BCUT2D eigenvalue weighted by Crippen LogP contribution is 2.37. The van der Waals surface area contributed by atoms with Gasteiger partial charge in [-0.05, 0) is 32.3 Å². The molecule has 31 heavy (non-hydrogen) atoms. The van der Waals surface area contributed by atoms with Gasteiger partial charge < -0.3 is 23.7 Å². The van der Waals surface area contributed by atoms with Crippen LogP contribution >= 0.6 is 0 Å². The van der Waals surface area contributed by atoms with E-state index in [0.717, 1.165) is 5.57 Å². The van der Waals surface area contributed by atoms with Crippen LogP contribution < -0.4 is 0 Å². The average Bonchev–Trinajstić information content (AvgIpc) is 3.11. The Bertz CT molecular complexity index is 889. The summed E-state index contributed by atoms with van der Waals surface area (Å²) in [5.41, 5.74) is -0.430. The zero-order valence-electron chi connectivity index (χ0n) is 18.6. The lowest BCUT2D eigenvalue weighted by Crippen LogP contribution is -2.36. The van der Waals surface area contributed by atoms with Crippen molar-refractivity contribution in [3.63, 3.8) is 0 Å². The molecule has 0 fully saturated rings. The Morgan fingerprint density at radius 1 is 1.23 bits per heavy atom. The van der Waals surface area contributed by atoms with E-state index < -0.39 is 23.6 Å². The smallest absolute Gasteiger partial charge is 0.341 e. The molecular formula is C23H30O8. The highest BCUT2D eigenvalue weighted by Gasteiger charge is 2.39. The van der Waals surface area contributed by atoms with Crippen LogP contribution in [0.25, 0.3) is 0 Å². The van der Waals surface area contributed by atoms with Gasteiger partial charge in [0, 0.05) is 31.9 Å². The molecule has 0 amide bonds. The standard InChI is InChI=1S/C23H30O8/c1-13(2)14-7-8-15(21(25)29-5)9-16(24)12-23(3,27)20(28-4)19-11-17(22(26)30-6)18(10-14)31-19/h8,11,14,20,27H,1,7,9-10,12H2,2-6H3/b15-8+/t14-,20-,23?/m1/s1. The molecule has 0 saturated carbocycles. The van der Waals surface area contributed by atoms with Crippen LogP contribution in [0.3, 0.4) is 0 Å². The molecule has 1 N–H and O–H groups in total. The first kappa shape index (κ1) is 24.6. The van der Waals surface area contributed by atoms with Gasteiger partial charge in [0.25, 0.3) is 0 Å². The number of methoxy groups -OCH3 is 3. The zero-order valence-corrected chi connectivity index (χ0v) is 18.6. The van der Waals surface area contributed by atoms with Gasteiger partial charge in [-0.2, -0.15) is 0 Å². The van der Waals surface area contributed by atoms with E-state index in [1.165, 1.54) is 34.3 Å². The van der Waals surface area contributed by atoms with Gasteiger partial charge in [0.15, 0.2) is 0 Å². The van der Waals surface area contributed by atoms with Crippen LogP contribution in [0, 0.1) is 5.92 Å². The van der Waals surface area contributed by atoms with E-state index in [-0.39, 0.29) is 41.4 Å². The van der Waals surface area contributed by atoms with Crippen LogP contribution in [0.4, 0.5) is 0 Å². The first-order valence-corrected chi connectivity index (χ1v) is 9.94. The molecule has 1 aromatic rings. The second-order valence-corrected chi connectivity index (χ2v) is 8.05. The predicted octanol–water partition coefficient (Wildman–Crippen LogP) is 3.09.